The van der Waals surface area contributed by atoms with Gasteiger partial charge in [0.15, 0.2) is 0 Å². The Hall–Kier alpha value is -0.900. The van der Waals surface area contributed by atoms with Gasteiger partial charge in [0, 0.05) is 0 Å². The summed E-state index contributed by atoms with van der Waals surface area (Å²) in [7, 11) is 3.22. The molecule has 0 N–H and O–H groups in total. The number of hydrogen-bond donors (Lipinski definition) is 0. The Morgan fingerprint density at radius 3 is 2.57 bits per heavy atom. The standard InChI is InChI=1S/C10H16FNO2/c1-12-5-3-8(4-6-12)7-9(11)10(13)14-2/h7-8H,3-6H2,1-2H3/b9-7-. The van der Waals surface area contributed by atoms with Crippen LogP contribution in [0.15, 0.2) is 11.9 Å². The molecule has 0 bridgehead atoms. The first kappa shape index (κ1) is 11.2. The van der Waals surface area contributed by atoms with Crippen LogP contribution in [-0.2, 0) is 9.53 Å². The SMILES string of the molecule is COC(=O)/C(F)=C/C1CCN(C)CC1. The second kappa shape index (κ2) is 5.10. The molecular formula is C10H16FNO2. The largest absolute Gasteiger partial charge is 0.464 e. The lowest BCUT2D eigenvalue weighted by atomic mass is 9.96. The summed E-state index contributed by atoms with van der Waals surface area (Å²) in [5, 5.41) is 0. The van der Waals surface area contributed by atoms with E-state index < -0.39 is 11.8 Å². The van der Waals surface area contributed by atoms with Gasteiger partial charge in [-0.05, 0) is 45.0 Å². The lowest BCUT2D eigenvalue weighted by Crippen LogP contribution is -2.29. The van der Waals surface area contributed by atoms with E-state index in [-0.39, 0.29) is 5.92 Å². The maximum Gasteiger partial charge on any atom is 0.366 e. The van der Waals surface area contributed by atoms with Gasteiger partial charge in [0.1, 0.15) is 0 Å². The number of allylic oxidation sites excluding steroid dienone is 1. The smallest absolute Gasteiger partial charge is 0.366 e. The molecule has 3 nitrogen and oxygen atoms in total. The van der Waals surface area contributed by atoms with Gasteiger partial charge in [-0.2, -0.15) is 4.39 Å². The van der Waals surface area contributed by atoms with E-state index in [0.717, 1.165) is 25.9 Å². The van der Waals surface area contributed by atoms with Gasteiger partial charge >= 0.3 is 5.97 Å². The average Bonchev–Trinajstić information content (AvgIpc) is 2.20. The van der Waals surface area contributed by atoms with Crippen molar-refractivity contribution in [3.05, 3.63) is 11.9 Å². The van der Waals surface area contributed by atoms with Gasteiger partial charge in [-0.15, -0.1) is 0 Å². The van der Waals surface area contributed by atoms with Crippen molar-refractivity contribution in [2.45, 2.75) is 12.8 Å². The molecule has 1 aliphatic rings. The molecule has 0 aromatic rings. The Morgan fingerprint density at radius 2 is 2.07 bits per heavy atom. The topological polar surface area (TPSA) is 29.5 Å². The lowest BCUT2D eigenvalue weighted by Gasteiger charge is -2.26. The quantitative estimate of drug-likeness (QED) is 0.499. The van der Waals surface area contributed by atoms with Gasteiger partial charge < -0.3 is 9.64 Å². The molecule has 0 aromatic heterocycles. The molecule has 1 saturated heterocycles. The van der Waals surface area contributed by atoms with Crippen LogP contribution in [0.4, 0.5) is 4.39 Å². The highest BCUT2D eigenvalue weighted by molar-refractivity contribution is 5.85. The van der Waals surface area contributed by atoms with Gasteiger partial charge in [-0.25, -0.2) is 4.79 Å². The fourth-order valence-electron chi connectivity index (χ4n) is 1.57. The molecule has 0 spiro atoms. The first-order valence-corrected chi connectivity index (χ1v) is 4.77. The second-order valence-corrected chi connectivity index (χ2v) is 3.65. The van der Waals surface area contributed by atoms with E-state index in [1.807, 2.05) is 7.05 Å². The Bertz CT molecular complexity index is 232. The molecule has 1 heterocycles. The summed E-state index contributed by atoms with van der Waals surface area (Å²) in [4.78, 5) is 13.0. The van der Waals surface area contributed by atoms with Crippen LogP contribution in [0.2, 0.25) is 0 Å². The molecule has 0 radical (unpaired) electrons. The number of nitrogens with zero attached hydrogens (tertiary/aromatic N) is 1. The van der Waals surface area contributed by atoms with Crippen molar-refractivity contribution in [3.63, 3.8) is 0 Å². The number of esters is 1. The minimum Gasteiger partial charge on any atom is -0.464 e. The van der Waals surface area contributed by atoms with Crippen LogP contribution < -0.4 is 0 Å². The predicted molar refractivity (Wildman–Crippen MR) is 51.4 cm³/mol. The summed E-state index contributed by atoms with van der Waals surface area (Å²) in [5.74, 6) is -1.46. The lowest BCUT2D eigenvalue weighted by molar-refractivity contribution is -0.137. The molecule has 0 aromatic carbocycles. The summed E-state index contributed by atoms with van der Waals surface area (Å²) < 4.78 is 17.3. The average molecular weight is 201 g/mol. The molecule has 80 valence electrons. The molecule has 0 atom stereocenters. The van der Waals surface area contributed by atoms with E-state index >= 15 is 0 Å². The van der Waals surface area contributed by atoms with E-state index in [1.54, 1.807) is 0 Å². The third-order valence-electron chi connectivity index (χ3n) is 2.53. The third kappa shape index (κ3) is 3.10. The Morgan fingerprint density at radius 1 is 1.50 bits per heavy atom. The normalized spacial score (nSPS) is 20.9. The van der Waals surface area contributed by atoms with E-state index in [9.17, 15) is 9.18 Å². The fraction of sp³-hybridized carbons (Fsp3) is 0.700. The highest BCUT2D eigenvalue weighted by Gasteiger charge is 2.17. The van der Waals surface area contributed by atoms with Crippen molar-refractivity contribution in [1.29, 1.82) is 0 Å². The Kier molecular flexibility index (Phi) is 4.07. The number of ether oxygens (including phenoxy) is 1. The van der Waals surface area contributed by atoms with E-state index in [4.69, 9.17) is 0 Å². The highest BCUT2D eigenvalue weighted by atomic mass is 19.1. The number of methoxy groups -OCH3 is 1. The molecule has 0 unspecified atom stereocenters. The zero-order valence-corrected chi connectivity index (χ0v) is 8.62. The van der Waals surface area contributed by atoms with Crippen LogP contribution in [-0.4, -0.2) is 38.1 Å². The highest BCUT2D eigenvalue weighted by Crippen LogP contribution is 2.19. The zero-order chi connectivity index (χ0) is 10.6. The number of halogens is 1. The Balaban J connectivity index is 2.47. The van der Waals surface area contributed by atoms with Crippen molar-refractivity contribution < 1.29 is 13.9 Å². The molecule has 14 heavy (non-hydrogen) atoms. The predicted octanol–water partition coefficient (Wildman–Crippen LogP) is 1.35. The summed E-state index contributed by atoms with van der Waals surface area (Å²) in [6.07, 6.45) is 3.20. The number of rotatable bonds is 2. The summed E-state index contributed by atoms with van der Waals surface area (Å²) in [6, 6.07) is 0. The number of carbonyl (C=O) groups is 1. The minimum absolute atomic E-state index is 0.172. The first-order valence-electron chi connectivity index (χ1n) is 4.77. The molecule has 1 fully saturated rings. The van der Waals surface area contributed by atoms with Crippen LogP contribution >= 0.6 is 0 Å². The van der Waals surface area contributed by atoms with Crippen molar-refractivity contribution in [2.75, 3.05) is 27.2 Å². The zero-order valence-electron chi connectivity index (χ0n) is 8.62. The third-order valence-corrected chi connectivity index (χ3v) is 2.53. The van der Waals surface area contributed by atoms with Gasteiger partial charge in [0.2, 0.25) is 5.83 Å². The van der Waals surface area contributed by atoms with Crippen molar-refractivity contribution in [2.24, 2.45) is 5.92 Å². The molecule has 0 saturated carbocycles. The van der Waals surface area contributed by atoms with Crippen LogP contribution in [0.3, 0.4) is 0 Å². The molecule has 0 amide bonds. The van der Waals surface area contributed by atoms with Gasteiger partial charge in [0.25, 0.3) is 0 Å². The molecular weight excluding hydrogens is 185 g/mol. The van der Waals surface area contributed by atoms with E-state index in [1.165, 1.54) is 13.2 Å². The van der Waals surface area contributed by atoms with Gasteiger partial charge in [0.05, 0.1) is 7.11 Å². The van der Waals surface area contributed by atoms with Gasteiger partial charge in [-0.1, -0.05) is 0 Å². The van der Waals surface area contributed by atoms with Crippen LogP contribution in [0.5, 0.6) is 0 Å². The van der Waals surface area contributed by atoms with E-state index in [0.29, 0.717) is 0 Å². The van der Waals surface area contributed by atoms with Crippen LogP contribution in [0, 0.1) is 5.92 Å². The van der Waals surface area contributed by atoms with E-state index in [2.05, 4.69) is 9.64 Å². The fourth-order valence-corrected chi connectivity index (χ4v) is 1.57. The number of likely N-dealkylation sites (tertiary alicyclic amines) is 1. The molecule has 1 aliphatic heterocycles. The van der Waals surface area contributed by atoms with Crippen molar-refractivity contribution in [1.82, 2.24) is 4.90 Å². The summed E-state index contributed by atoms with van der Waals surface area (Å²) in [5.41, 5.74) is 0. The maximum absolute atomic E-state index is 13.1. The number of carbonyl (C=O) groups excluding carboxylic acids is 1. The minimum atomic E-state index is -0.871. The maximum atomic E-state index is 13.1. The molecule has 0 aliphatic carbocycles. The van der Waals surface area contributed by atoms with Crippen molar-refractivity contribution in [3.8, 4) is 0 Å². The van der Waals surface area contributed by atoms with Crippen molar-refractivity contribution >= 4 is 5.97 Å². The van der Waals surface area contributed by atoms with Crippen LogP contribution in [0.25, 0.3) is 0 Å². The Labute approximate surface area is 83.5 Å². The number of piperidine rings is 1. The second-order valence-electron chi connectivity index (χ2n) is 3.65. The summed E-state index contributed by atoms with van der Waals surface area (Å²) in [6.45, 7) is 1.91. The molecule has 1 rings (SSSR count). The number of hydrogen-bond acceptors (Lipinski definition) is 3. The monoisotopic (exact) mass is 201 g/mol. The van der Waals surface area contributed by atoms with Crippen LogP contribution in [0.1, 0.15) is 12.8 Å². The summed E-state index contributed by atoms with van der Waals surface area (Å²) >= 11 is 0. The molecule has 4 heteroatoms. The first-order chi connectivity index (χ1) is 6.63. The van der Waals surface area contributed by atoms with Gasteiger partial charge in [-0.3, -0.25) is 0 Å².